The van der Waals surface area contributed by atoms with E-state index < -0.39 is 11.7 Å². The van der Waals surface area contributed by atoms with Gasteiger partial charge >= 0.3 is 6.09 Å². The Kier molecular flexibility index (Phi) is 4.11. The molecule has 1 amide bonds. The van der Waals surface area contributed by atoms with Crippen LogP contribution in [0.2, 0.25) is 0 Å². The minimum absolute atomic E-state index is 0.390. The summed E-state index contributed by atoms with van der Waals surface area (Å²) >= 11 is 0. The highest BCUT2D eigenvalue weighted by Gasteiger charge is 2.15. The molecule has 1 N–H and O–H groups in total. The van der Waals surface area contributed by atoms with Crippen LogP contribution < -0.4 is 5.32 Å². The van der Waals surface area contributed by atoms with Gasteiger partial charge in [0.15, 0.2) is 0 Å². The van der Waals surface area contributed by atoms with Crippen LogP contribution in [0.5, 0.6) is 0 Å². The van der Waals surface area contributed by atoms with Gasteiger partial charge in [-0.05, 0) is 38.5 Å². The molecule has 0 bridgehead atoms. The van der Waals surface area contributed by atoms with E-state index in [4.69, 9.17) is 10.00 Å². The number of alkyl carbamates (subject to hydrolysis) is 1. The predicted molar refractivity (Wildman–Crippen MR) is 64.2 cm³/mol. The molecule has 1 rings (SSSR count). The topological polar surface area (TPSA) is 62.1 Å². The maximum Gasteiger partial charge on any atom is 0.407 e. The van der Waals surface area contributed by atoms with Gasteiger partial charge in [0, 0.05) is 6.54 Å². The van der Waals surface area contributed by atoms with E-state index >= 15 is 0 Å². The van der Waals surface area contributed by atoms with Crippen LogP contribution in [0.1, 0.15) is 31.9 Å². The summed E-state index contributed by atoms with van der Waals surface area (Å²) in [5.41, 5.74) is 1.04. The zero-order valence-electron chi connectivity index (χ0n) is 10.3. The lowest BCUT2D eigenvalue weighted by molar-refractivity contribution is 0.0523. The van der Waals surface area contributed by atoms with Gasteiger partial charge in [0.2, 0.25) is 0 Å². The van der Waals surface area contributed by atoms with Crippen molar-refractivity contribution < 1.29 is 9.53 Å². The third-order valence-corrected chi connectivity index (χ3v) is 1.92. The zero-order valence-corrected chi connectivity index (χ0v) is 10.3. The van der Waals surface area contributed by atoms with Crippen LogP contribution in [0.4, 0.5) is 4.79 Å². The molecule has 0 aliphatic rings. The smallest absolute Gasteiger partial charge is 0.407 e. The minimum atomic E-state index is -0.491. The van der Waals surface area contributed by atoms with Crippen molar-refractivity contribution in [1.82, 2.24) is 5.32 Å². The molecule has 4 nitrogen and oxygen atoms in total. The number of benzene rings is 1. The Labute approximate surface area is 101 Å². The summed E-state index contributed by atoms with van der Waals surface area (Å²) in [5.74, 6) is 0. The first kappa shape index (κ1) is 13.0. The molecule has 0 unspecified atom stereocenters. The Morgan fingerprint density at radius 1 is 1.35 bits per heavy atom. The maximum atomic E-state index is 11.4. The molecule has 4 heteroatoms. The first-order valence-corrected chi connectivity index (χ1v) is 5.36. The summed E-state index contributed by atoms with van der Waals surface area (Å²) < 4.78 is 5.10. The van der Waals surface area contributed by atoms with Crippen molar-refractivity contribution in [3.05, 3.63) is 35.4 Å². The summed E-state index contributed by atoms with van der Waals surface area (Å²) in [5, 5.41) is 11.3. The van der Waals surface area contributed by atoms with E-state index in [1.165, 1.54) is 0 Å². The highest BCUT2D eigenvalue weighted by Crippen LogP contribution is 2.07. The lowest BCUT2D eigenvalue weighted by Crippen LogP contribution is -2.32. The summed E-state index contributed by atoms with van der Waals surface area (Å²) in [7, 11) is 0. The number of amides is 1. The quantitative estimate of drug-likeness (QED) is 0.852. The average Bonchev–Trinajstić information content (AvgIpc) is 2.25. The summed E-state index contributed by atoms with van der Waals surface area (Å²) in [6.45, 7) is 5.83. The van der Waals surface area contributed by atoms with Crippen molar-refractivity contribution in [2.45, 2.75) is 32.9 Å². The van der Waals surface area contributed by atoms with Crippen molar-refractivity contribution in [2.24, 2.45) is 0 Å². The summed E-state index contributed by atoms with van der Waals surface area (Å²) in [4.78, 5) is 11.4. The molecule has 17 heavy (non-hydrogen) atoms. The Bertz CT molecular complexity index is 424. The van der Waals surface area contributed by atoms with Gasteiger partial charge in [-0.3, -0.25) is 0 Å². The van der Waals surface area contributed by atoms with Gasteiger partial charge in [0.05, 0.1) is 11.6 Å². The van der Waals surface area contributed by atoms with E-state index in [9.17, 15) is 4.79 Å². The van der Waals surface area contributed by atoms with Gasteiger partial charge in [-0.1, -0.05) is 12.1 Å². The minimum Gasteiger partial charge on any atom is -0.444 e. The molecule has 0 aromatic heterocycles. The summed E-state index contributed by atoms with van der Waals surface area (Å²) in [6.07, 6.45) is -0.443. The standard InChI is InChI=1S/C13H16N2O2/c1-13(2,3)17-12(16)15-9-11-6-4-10(8-14)5-7-11/h4-7H,9H2,1-3H3,(H,15,16). The average molecular weight is 232 g/mol. The molecule has 0 saturated heterocycles. The van der Waals surface area contributed by atoms with Crippen molar-refractivity contribution in [2.75, 3.05) is 0 Å². The molecule has 0 radical (unpaired) electrons. The maximum absolute atomic E-state index is 11.4. The lowest BCUT2D eigenvalue weighted by Gasteiger charge is -2.19. The van der Waals surface area contributed by atoms with E-state index in [1.807, 2.05) is 26.8 Å². The Morgan fingerprint density at radius 2 is 1.94 bits per heavy atom. The molecule has 0 aliphatic carbocycles. The van der Waals surface area contributed by atoms with E-state index in [-0.39, 0.29) is 0 Å². The van der Waals surface area contributed by atoms with Crippen molar-refractivity contribution in [1.29, 1.82) is 5.26 Å². The van der Waals surface area contributed by atoms with Crippen molar-refractivity contribution >= 4 is 6.09 Å². The highest BCUT2D eigenvalue weighted by atomic mass is 16.6. The molecule has 0 aliphatic heterocycles. The van der Waals surface area contributed by atoms with Crippen molar-refractivity contribution in [3.8, 4) is 6.07 Å². The van der Waals surface area contributed by atoms with Gasteiger partial charge in [-0.15, -0.1) is 0 Å². The number of rotatable bonds is 2. The van der Waals surface area contributed by atoms with Crippen molar-refractivity contribution in [3.63, 3.8) is 0 Å². The second-order valence-corrected chi connectivity index (χ2v) is 4.66. The molecule has 0 atom stereocenters. The number of hydrogen-bond donors (Lipinski definition) is 1. The van der Waals surface area contributed by atoms with Gasteiger partial charge in [0.25, 0.3) is 0 Å². The van der Waals surface area contributed by atoms with Crippen LogP contribution in [0.25, 0.3) is 0 Å². The van der Waals surface area contributed by atoms with E-state index in [0.717, 1.165) is 5.56 Å². The van der Waals surface area contributed by atoms with E-state index in [1.54, 1.807) is 24.3 Å². The molecule has 0 heterocycles. The van der Waals surface area contributed by atoms with Crippen LogP contribution >= 0.6 is 0 Å². The molecule has 90 valence electrons. The van der Waals surface area contributed by atoms with Gasteiger partial charge in [-0.25, -0.2) is 4.79 Å². The lowest BCUT2D eigenvalue weighted by atomic mass is 10.1. The number of ether oxygens (including phenoxy) is 1. The molecule has 1 aromatic carbocycles. The molecule has 0 spiro atoms. The second-order valence-electron chi connectivity index (χ2n) is 4.66. The number of hydrogen-bond acceptors (Lipinski definition) is 3. The number of nitriles is 1. The first-order chi connectivity index (χ1) is 7.90. The molecule has 1 aromatic rings. The second kappa shape index (κ2) is 5.35. The fourth-order valence-electron chi connectivity index (χ4n) is 1.19. The molecular formula is C13H16N2O2. The number of nitrogens with one attached hydrogen (secondary N) is 1. The largest absolute Gasteiger partial charge is 0.444 e. The van der Waals surface area contributed by atoms with Gasteiger partial charge in [0.1, 0.15) is 5.60 Å². The van der Waals surface area contributed by atoms with Crippen LogP contribution in [0, 0.1) is 11.3 Å². The SMILES string of the molecule is CC(C)(C)OC(=O)NCc1ccc(C#N)cc1. The first-order valence-electron chi connectivity index (χ1n) is 5.36. The van der Waals surface area contributed by atoms with Crippen LogP contribution in [-0.2, 0) is 11.3 Å². The normalized spacial score (nSPS) is 10.5. The predicted octanol–water partition coefficient (Wildman–Crippen LogP) is 2.58. The van der Waals surface area contributed by atoms with Crippen LogP contribution in [0.15, 0.2) is 24.3 Å². The molecular weight excluding hydrogens is 216 g/mol. The van der Waals surface area contributed by atoms with Crippen LogP contribution in [0.3, 0.4) is 0 Å². The highest BCUT2D eigenvalue weighted by molar-refractivity contribution is 5.67. The summed E-state index contributed by atoms with van der Waals surface area (Å²) in [6, 6.07) is 9.07. The Balaban J connectivity index is 2.45. The number of carbonyl (C=O) groups is 1. The van der Waals surface area contributed by atoms with E-state index in [0.29, 0.717) is 12.1 Å². The number of carbonyl (C=O) groups excluding carboxylic acids is 1. The fourth-order valence-corrected chi connectivity index (χ4v) is 1.19. The molecule has 0 saturated carbocycles. The van der Waals surface area contributed by atoms with Crippen LogP contribution in [-0.4, -0.2) is 11.7 Å². The monoisotopic (exact) mass is 232 g/mol. The number of nitrogens with zero attached hydrogens (tertiary/aromatic N) is 1. The zero-order chi connectivity index (χ0) is 12.9. The van der Waals surface area contributed by atoms with Gasteiger partial charge in [-0.2, -0.15) is 5.26 Å². The molecule has 0 fully saturated rings. The fraction of sp³-hybridized carbons (Fsp3) is 0.385. The Hall–Kier alpha value is -2.02. The van der Waals surface area contributed by atoms with Gasteiger partial charge < -0.3 is 10.1 Å². The van der Waals surface area contributed by atoms with E-state index in [2.05, 4.69) is 5.32 Å². The Morgan fingerprint density at radius 3 is 2.41 bits per heavy atom. The third kappa shape index (κ3) is 5.03. The third-order valence-electron chi connectivity index (χ3n) is 1.92.